The Labute approximate surface area is 76.5 Å². The third kappa shape index (κ3) is 1.49. The van der Waals surface area contributed by atoms with Crippen LogP contribution in [-0.2, 0) is 4.74 Å². The predicted molar refractivity (Wildman–Crippen MR) is 46.4 cm³/mol. The zero-order chi connectivity index (χ0) is 7.73. The van der Waals surface area contributed by atoms with E-state index < -0.39 is 0 Å². The molecule has 1 unspecified atom stereocenters. The van der Waals surface area contributed by atoms with Gasteiger partial charge in [-0.2, -0.15) is 0 Å². The molecule has 0 aromatic rings. The van der Waals surface area contributed by atoms with E-state index in [9.17, 15) is 0 Å². The third-order valence-electron chi connectivity index (χ3n) is 2.31. The fourth-order valence-electron chi connectivity index (χ4n) is 1.65. The van der Waals surface area contributed by atoms with Crippen LogP contribution in [0, 0.1) is 0 Å². The number of ether oxygens (including phenoxy) is 1. The molecule has 2 fully saturated rings. The molecule has 1 atom stereocenters. The third-order valence-corrected chi connectivity index (χ3v) is 2.31. The smallest absolute Gasteiger partial charge is 0.0672 e. The molecule has 0 aromatic carbocycles. The molecule has 0 amide bonds. The Kier molecular flexibility index (Phi) is 2.80. The highest BCUT2D eigenvalue weighted by Gasteiger charge is 2.44. The van der Waals surface area contributed by atoms with Gasteiger partial charge in [-0.1, -0.05) is 5.11 Å². The summed E-state index contributed by atoms with van der Waals surface area (Å²) in [6, 6.07) is 0.129. The van der Waals surface area contributed by atoms with Gasteiger partial charge in [0.1, 0.15) is 0 Å². The highest BCUT2D eigenvalue weighted by atomic mass is 35.5. The zero-order valence-corrected chi connectivity index (χ0v) is 7.38. The van der Waals surface area contributed by atoms with Gasteiger partial charge in [0.05, 0.1) is 24.8 Å². The standard InChI is InChI=1S/C6H10N4O.ClH/c7-10-9-5-1-6(8-2-5)3-11-4-6;/h5,8H,1-4H2;1H. The number of azide groups is 1. The van der Waals surface area contributed by atoms with Gasteiger partial charge in [-0.25, -0.2) is 0 Å². The van der Waals surface area contributed by atoms with Gasteiger partial charge in [0.2, 0.25) is 0 Å². The summed E-state index contributed by atoms with van der Waals surface area (Å²) in [7, 11) is 0. The van der Waals surface area contributed by atoms with Gasteiger partial charge in [-0.15, -0.1) is 12.4 Å². The van der Waals surface area contributed by atoms with Gasteiger partial charge in [0, 0.05) is 11.5 Å². The number of halogens is 1. The lowest BCUT2D eigenvalue weighted by atomic mass is 9.94. The van der Waals surface area contributed by atoms with E-state index in [0.717, 1.165) is 26.2 Å². The van der Waals surface area contributed by atoms with E-state index in [2.05, 4.69) is 15.3 Å². The van der Waals surface area contributed by atoms with Gasteiger partial charge >= 0.3 is 0 Å². The van der Waals surface area contributed by atoms with Crippen LogP contribution in [0.1, 0.15) is 6.42 Å². The Hall–Kier alpha value is -0.480. The van der Waals surface area contributed by atoms with Crippen LogP contribution < -0.4 is 5.32 Å². The molecule has 6 heteroatoms. The van der Waals surface area contributed by atoms with E-state index in [1.54, 1.807) is 0 Å². The van der Waals surface area contributed by atoms with E-state index in [4.69, 9.17) is 10.3 Å². The molecule has 2 saturated heterocycles. The first-order valence-corrected chi connectivity index (χ1v) is 3.72. The van der Waals surface area contributed by atoms with Crippen molar-refractivity contribution in [2.45, 2.75) is 18.0 Å². The molecule has 5 nitrogen and oxygen atoms in total. The van der Waals surface area contributed by atoms with Gasteiger partial charge in [0.15, 0.2) is 0 Å². The minimum absolute atomic E-state index is 0. The lowest BCUT2D eigenvalue weighted by Crippen LogP contribution is -2.56. The van der Waals surface area contributed by atoms with Crippen LogP contribution in [0.15, 0.2) is 5.11 Å². The van der Waals surface area contributed by atoms with Crippen molar-refractivity contribution in [3.63, 3.8) is 0 Å². The number of nitrogens with zero attached hydrogens (tertiary/aromatic N) is 3. The van der Waals surface area contributed by atoms with E-state index in [0.29, 0.717) is 0 Å². The van der Waals surface area contributed by atoms with Crippen LogP contribution in [-0.4, -0.2) is 31.3 Å². The van der Waals surface area contributed by atoms with Crippen LogP contribution >= 0.6 is 12.4 Å². The van der Waals surface area contributed by atoms with Crippen LogP contribution in [0.2, 0.25) is 0 Å². The second kappa shape index (κ2) is 3.49. The average Bonchev–Trinajstić information content (AvgIpc) is 2.32. The van der Waals surface area contributed by atoms with Crippen molar-refractivity contribution in [1.29, 1.82) is 0 Å². The summed E-state index contributed by atoms with van der Waals surface area (Å²) in [6.07, 6.45) is 0.928. The lowest BCUT2D eigenvalue weighted by Gasteiger charge is -2.38. The minimum Gasteiger partial charge on any atom is -0.377 e. The maximum absolute atomic E-state index is 8.19. The van der Waals surface area contributed by atoms with Gasteiger partial charge in [-0.05, 0) is 12.0 Å². The van der Waals surface area contributed by atoms with E-state index in [-0.39, 0.29) is 24.0 Å². The highest BCUT2D eigenvalue weighted by molar-refractivity contribution is 5.85. The summed E-state index contributed by atoms with van der Waals surface area (Å²) >= 11 is 0. The highest BCUT2D eigenvalue weighted by Crippen LogP contribution is 2.28. The quantitative estimate of drug-likeness (QED) is 0.378. The molecule has 0 aromatic heterocycles. The summed E-state index contributed by atoms with van der Waals surface area (Å²) in [5, 5.41) is 6.98. The molecule has 2 aliphatic rings. The monoisotopic (exact) mass is 190 g/mol. The molecule has 1 spiro atoms. The van der Waals surface area contributed by atoms with E-state index in [1.165, 1.54) is 0 Å². The Balaban J connectivity index is 0.000000720. The predicted octanol–water partition coefficient (Wildman–Crippen LogP) is 0.849. The van der Waals surface area contributed by atoms with Crippen molar-refractivity contribution in [3.05, 3.63) is 10.4 Å². The van der Waals surface area contributed by atoms with Crippen molar-refractivity contribution in [2.24, 2.45) is 5.11 Å². The van der Waals surface area contributed by atoms with Crippen LogP contribution in [0.5, 0.6) is 0 Å². The molecule has 2 aliphatic heterocycles. The Morgan fingerprint density at radius 3 is 2.75 bits per heavy atom. The van der Waals surface area contributed by atoms with Gasteiger partial charge in [-0.3, -0.25) is 0 Å². The molecule has 12 heavy (non-hydrogen) atoms. The molecular formula is C6H11ClN4O. The fourth-order valence-corrected chi connectivity index (χ4v) is 1.65. The SMILES string of the molecule is Cl.[N-]=[N+]=NC1CNC2(COC2)C1. The maximum Gasteiger partial charge on any atom is 0.0672 e. The summed E-state index contributed by atoms with van der Waals surface area (Å²) < 4.78 is 5.09. The van der Waals surface area contributed by atoms with Crippen molar-refractivity contribution in [1.82, 2.24) is 5.32 Å². The Bertz CT molecular complexity index is 212. The molecule has 1 N–H and O–H groups in total. The molecule has 68 valence electrons. The molecule has 0 aliphatic carbocycles. The average molecular weight is 191 g/mol. The molecule has 0 bridgehead atoms. The topological polar surface area (TPSA) is 70.0 Å². The largest absolute Gasteiger partial charge is 0.377 e. The first-order chi connectivity index (χ1) is 5.35. The summed E-state index contributed by atoms with van der Waals surface area (Å²) in [5.41, 5.74) is 8.34. The first-order valence-electron chi connectivity index (χ1n) is 3.72. The normalized spacial score (nSPS) is 30.2. The van der Waals surface area contributed by atoms with Gasteiger partial charge in [0.25, 0.3) is 0 Å². The fraction of sp³-hybridized carbons (Fsp3) is 1.00. The second-order valence-electron chi connectivity index (χ2n) is 3.22. The van der Waals surface area contributed by atoms with E-state index >= 15 is 0 Å². The molecule has 0 radical (unpaired) electrons. The molecular weight excluding hydrogens is 180 g/mol. The number of hydrogen-bond acceptors (Lipinski definition) is 3. The van der Waals surface area contributed by atoms with Crippen molar-refractivity contribution in [2.75, 3.05) is 19.8 Å². The first kappa shape index (κ1) is 9.61. The lowest BCUT2D eigenvalue weighted by molar-refractivity contribution is -0.0647. The van der Waals surface area contributed by atoms with Crippen LogP contribution in [0.4, 0.5) is 0 Å². The van der Waals surface area contributed by atoms with Gasteiger partial charge < -0.3 is 10.1 Å². The van der Waals surface area contributed by atoms with Crippen LogP contribution in [0.25, 0.3) is 10.4 Å². The minimum atomic E-state index is 0. The molecule has 2 heterocycles. The molecule has 2 rings (SSSR count). The van der Waals surface area contributed by atoms with Crippen LogP contribution in [0.3, 0.4) is 0 Å². The summed E-state index contributed by atoms with van der Waals surface area (Å²) in [5.74, 6) is 0. The summed E-state index contributed by atoms with van der Waals surface area (Å²) in [4.78, 5) is 2.79. The maximum atomic E-state index is 8.19. The van der Waals surface area contributed by atoms with E-state index in [1.807, 2.05) is 0 Å². The zero-order valence-electron chi connectivity index (χ0n) is 6.56. The number of nitrogens with one attached hydrogen (secondary N) is 1. The van der Waals surface area contributed by atoms with Crippen molar-refractivity contribution < 1.29 is 4.74 Å². The number of hydrogen-bond donors (Lipinski definition) is 1. The Morgan fingerprint density at radius 2 is 2.33 bits per heavy atom. The summed E-state index contributed by atoms with van der Waals surface area (Å²) in [6.45, 7) is 2.34. The number of rotatable bonds is 1. The van der Waals surface area contributed by atoms with Crippen molar-refractivity contribution >= 4 is 12.4 Å². The Morgan fingerprint density at radius 1 is 1.58 bits per heavy atom. The molecule has 0 saturated carbocycles. The second-order valence-corrected chi connectivity index (χ2v) is 3.22. The van der Waals surface area contributed by atoms with Crippen molar-refractivity contribution in [3.8, 4) is 0 Å².